The molecule has 0 aliphatic carbocycles. The van der Waals surface area contributed by atoms with Gasteiger partial charge < -0.3 is 30.5 Å². The number of aliphatic hydroxyl groups excluding tert-OH is 1. The van der Waals surface area contributed by atoms with E-state index in [9.17, 15) is 14.7 Å². The Bertz CT molecular complexity index is 1770. The minimum Gasteiger partial charge on any atom is -0.393 e. The molecule has 1 aromatic heterocycles. The van der Waals surface area contributed by atoms with Gasteiger partial charge in [0.2, 0.25) is 0 Å². The molecule has 0 spiro atoms. The van der Waals surface area contributed by atoms with Crippen molar-refractivity contribution < 1.29 is 14.7 Å². The number of nitrogens with zero attached hydrogens (tertiary/aromatic N) is 2. The Morgan fingerprint density at radius 2 is 1.40 bits per heavy atom. The number of aromatic nitrogens is 1. The van der Waals surface area contributed by atoms with Crippen LogP contribution in [0.2, 0.25) is 5.02 Å². The van der Waals surface area contributed by atoms with Crippen molar-refractivity contribution in [2.75, 3.05) is 33.9 Å². The molecule has 0 bridgehead atoms. The zero-order valence-corrected chi connectivity index (χ0v) is 24.4. The van der Waals surface area contributed by atoms with E-state index in [4.69, 9.17) is 11.6 Å². The van der Waals surface area contributed by atoms with Crippen molar-refractivity contribution in [1.82, 2.24) is 4.57 Å². The molecular formula is C34H32ClN5O3. The van der Waals surface area contributed by atoms with Crippen molar-refractivity contribution in [1.29, 1.82) is 0 Å². The Labute approximate surface area is 254 Å². The van der Waals surface area contributed by atoms with Crippen molar-refractivity contribution in [2.45, 2.75) is 18.9 Å². The molecule has 2 heterocycles. The zero-order chi connectivity index (χ0) is 29.9. The lowest BCUT2D eigenvalue weighted by molar-refractivity contribution is 0.101. The average Bonchev–Trinajstić information content (AvgIpc) is 3.39. The van der Waals surface area contributed by atoms with Gasteiger partial charge in [-0.1, -0.05) is 11.6 Å². The molecule has 0 unspecified atom stereocenters. The molecular weight excluding hydrogens is 562 g/mol. The monoisotopic (exact) mass is 593 g/mol. The van der Waals surface area contributed by atoms with Crippen LogP contribution in [0.25, 0.3) is 10.9 Å². The first-order chi connectivity index (χ1) is 20.8. The highest BCUT2D eigenvalue weighted by Gasteiger charge is 2.17. The minimum absolute atomic E-state index is 0.189. The standard InChI is InChI=1S/C34H32ClN5O3/c1-39-17-14-23-20-24(4-13-32(23)39)34(43)38-27-9-12-31(30(35)21-27)36-25-5-7-26(8-6-25)37-33(42)22-2-10-28(11-3-22)40-18-15-29(41)16-19-40/h2-14,17,20-21,29,36,41H,15-16,18-19H2,1H3,(H,37,42)(H,38,43). The number of aliphatic hydroxyl groups is 1. The second kappa shape index (κ2) is 12.2. The topological polar surface area (TPSA) is 98.6 Å². The minimum atomic E-state index is -0.221. The fourth-order valence-corrected chi connectivity index (χ4v) is 5.49. The number of carbonyl (C=O) groups excluding carboxylic acids is 2. The zero-order valence-electron chi connectivity index (χ0n) is 23.7. The van der Waals surface area contributed by atoms with Crippen LogP contribution in [0.5, 0.6) is 0 Å². The second-order valence-corrected chi connectivity index (χ2v) is 11.2. The van der Waals surface area contributed by atoms with Crippen molar-refractivity contribution in [3.05, 3.63) is 113 Å². The normalized spacial score (nSPS) is 13.6. The van der Waals surface area contributed by atoms with E-state index in [0.29, 0.717) is 33.2 Å². The molecule has 1 aliphatic rings. The van der Waals surface area contributed by atoms with E-state index in [-0.39, 0.29) is 17.9 Å². The summed E-state index contributed by atoms with van der Waals surface area (Å²) < 4.78 is 2.01. The number of carbonyl (C=O) groups is 2. The van der Waals surface area contributed by atoms with Gasteiger partial charge in [-0.15, -0.1) is 0 Å². The highest BCUT2D eigenvalue weighted by Crippen LogP contribution is 2.30. The highest BCUT2D eigenvalue weighted by molar-refractivity contribution is 6.33. The van der Waals surface area contributed by atoms with Crippen molar-refractivity contribution in [2.24, 2.45) is 7.05 Å². The summed E-state index contributed by atoms with van der Waals surface area (Å²) in [6.07, 6.45) is 3.26. The molecule has 5 aromatic rings. The molecule has 0 radical (unpaired) electrons. The predicted molar refractivity (Wildman–Crippen MR) is 174 cm³/mol. The van der Waals surface area contributed by atoms with Crippen LogP contribution in [0, 0.1) is 0 Å². The fraction of sp³-hybridized carbons (Fsp3) is 0.176. The summed E-state index contributed by atoms with van der Waals surface area (Å²) in [5.41, 5.74) is 6.00. The van der Waals surface area contributed by atoms with E-state index >= 15 is 0 Å². The molecule has 6 rings (SSSR count). The van der Waals surface area contributed by atoms with Gasteiger partial charge in [-0.05, 0) is 104 Å². The number of nitrogens with one attached hydrogen (secondary N) is 3. The number of piperidine rings is 1. The summed E-state index contributed by atoms with van der Waals surface area (Å²) in [5, 5.41) is 20.3. The summed E-state index contributed by atoms with van der Waals surface area (Å²) in [6.45, 7) is 1.62. The quantitative estimate of drug-likeness (QED) is 0.162. The third-order valence-corrected chi connectivity index (χ3v) is 8.07. The van der Waals surface area contributed by atoms with Crippen LogP contribution in [0.1, 0.15) is 33.6 Å². The Balaban J connectivity index is 1.04. The van der Waals surface area contributed by atoms with Gasteiger partial charge in [0.05, 0.1) is 16.8 Å². The number of hydrogen-bond donors (Lipinski definition) is 4. The smallest absolute Gasteiger partial charge is 0.255 e. The molecule has 0 saturated carbocycles. The van der Waals surface area contributed by atoms with Gasteiger partial charge in [0, 0.05) is 71.1 Å². The van der Waals surface area contributed by atoms with E-state index in [0.717, 1.165) is 48.2 Å². The van der Waals surface area contributed by atoms with E-state index in [2.05, 4.69) is 20.9 Å². The van der Waals surface area contributed by atoms with Gasteiger partial charge >= 0.3 is 0 Å². The third kappa shape index (κ3) is 6.51. The molecule has 1 aliphatic heterocycles. The van der Waals surface area contributed by atoms with Crippen LogP contribution in [0.4, 0.5) is 28.4 Å². The molecule has 1 fully saturated rings. The largest absolute Gasteiger partial charge is 0.393 e. The number of hydrogen-bond acceptors (Lipinski definition) is 5. The number of rotatable bonds is 7. The van der Waals surface area contributed by atoms with Crippen LogP contribution in [0.3, 0.4) is 0 Å². The van der Waals surface area contributed by atoms with Gasteiger partial charge in [0.15, 0.2) is 0 Å². The molecule has 4 N–H and O–H groups in total. The molecule has 9 heteroatoms. The fourth-order valence-electron chi connectivity index (χ4n) is 5.26. The van der Waals surface area contributed by atoms with E-state index in [1.54, 1.807) is 18.2 Å². The number of anilines is 5. The van der Waals surface area contributed by atoms with Crippen LogP contribution in [-0.2, 0) is 7.05 Å². The Kier molecular flexibility index (Phi) is 8.05. The molecule has 1 saturated heterocycles. The van der Waals surface area contributed by atoms with E-state index in [1.165, 1.54) is 0 Å². The average molecular weight is 594 g/mol. The van der Waals surface area contributed by atoms with Crippen LogP contribution < -0.4 is 20.9 Å². The molecule has 218 valence electrons. The Morgan fingerprint density at radius 1 is 0.767 bits per heavy atom. The number of halogens is 1. The van der Waals surface area contributed by atoms with Gasteiger partial charge in [-0.2, -0.15) is 0 Å². The van der Waals surface area contributed by atoms with Gasteiger partial charge in [0.25, 0.3) is 11.8 Å². The van der Waals surface area contributed by atoms with Crippen molar-refractivity contribution in [3.63, 3.8) is 0 Å². The number of fused-ring (bicyclic) bond motifs is 1. The summed E-state index contributed by atoms with van der Waals surface area (Å²) in [6, 6.07) is 27.8. The van der Waals surface area contributed by atoms with Crippen LogP contribution >= 0.6 is 11.6 Å². The summed E-state index contributed by atoms with van der Waals surface area (Å²) >= 11 is 6.54. The van der Waals surface area contributed by atoms with Gasteiger partial charge in [0.1, 0.15) is 0 Å². The Morgan fingerprint density at radius 3 is 2.12 bits per heavy atom. The highest BCUT2D eigenvalue weighted by atomic mass is 35.5. The molecule has 8 nitrogen and oxygen atoms in total. The molecule has 2 amide bonds. The SMILES string of the molecule is Cn1ccc2cc(C(=O)Nc3ccc(Nc4ccc(NC(=O)c5ccc(N6CCC(O)CC6)cc5)cc4)c(Cl)c3)ccc21. The van der Waals surface area contributed by atoms with E-state index in [1.807, 2.05) is 90.6 Å². The van der Waals surface area contributed by atoms with Gasteiger partial charge in [-0.25, -0.2) is 0 Å². The lowest BCUT2D eigenvalue weighted by Gasteiger charge is -2.31. The first-order valence-corrected chi connectivity index (χ1v) is 14.6. The maximum absolute atomic E-state index is 12.8. The number of aryl methyl sites for hydroxylation is 1. The second-order valence-electron chi connectivity index (χ2n) is 10.8. The number of amides is 2. The molecule has 0 atom stereocenters. The molecule has 43 heavy (non-hydrogen) atoms. The van der Waals surface area contributed by atoms with Gasteiger partial charge in [-0.3, -0.25) is 9.59 Å². The third-order valence-electron chi connectivity index (χ3n) is 7.76. The lowest BCUT2D eigenvalue weighted by Crippen LogP contribution is -2.35. The lowest BCUT2D eigenvalue weighted by atomic mass is 10.1. The maximum Gasteiger partial charge on any atom is 0.255 e. The van der Waals surface area contributed by atoms with Crippen LogP contribution in [0.15, 0.2) is 97.2 Å². The van der Waals surface area contributed by atoms with Crippen molar-refractivity contribution >= 4 is 62.8 Å². The summed E-state index contributed by atoms with van der Waals surface area (Å²) in [7, 11) is 1.97. The molecule has 4 aromatic carbocycles. The number of benzene rings is 4. The maximum atomic E-state index is 12.8. The summed E-state index contributed by atoms with van der Waals surface area (Å²) in [5.74, 6) is -0.399. The Hall–Kier alpha value is -4.79. The van der Waals surface area contributed by atoms with E-state index < -0.39 is 0 Å². The summed E-state index contributed by atoms with van der Waals surface area (Å²) in [4.78, 5) is 27.9. The van der Waals surface area contributed by atoms with Crippen molar-refractivity contribution in [3.8, 4) is 0 Å². The first kappa shape index (κ1) is 28.3. The predicted octanol–water partition coefficient (Wildman–Crippen LogP) is 7.04. The first-order valence-electron chi connectivity index (χ1n) is 14.2. The van der Waals surface area contributed by atoms with Crippen LogP contribution in [-0.4, -0.2) is 40.7 Å².